The van der Waals surface area contributed by atoms with Crippen LogP contribution in [0.2, 0.25) is 0 Å². The molecule has 3 N–H and O–H groups in total. The Bertz CT molecular complexity index is 509. The van der Waals surface area contributed by atoms with Gasteiger partial charge in [0, 0.05) is 17.2 Å². The number of nitrogens with one attached hydrogen (secondary N) is 1. The Morgan fingerprint density at radius 3 is 2.30 bits per heavy atom. The zero-order chi connectivity index (χ0) is 13.3. The predicted octanol–water partition coefficient (Wildman–Crippen LogP) is 3.21. The first-order valence-electron chi connectivity index (χ1n) is 8.57. The summed E-state index contributed by atoms with van der Waals surface area (Å²) < 4.78 is 0. The van der Waals surface area contributed by atoms with Gasteiger partial charge >= 0.3 is 0 Å². The van der Waals surface area contributed by atoms with Gasteiger partial charge in [0.2, 0.25) is 0 Å². The van der Waals surface area contributed by atoms with E-state index in [1.54, 1.807) is 0 Å². The van der Waals surface area contributed by atoms with Gasteiger partial charge in [0.05, 0.1) is 5.69 Å². The zero-order valence-electron chi connectivity index (χ0n) is 12.2. The molecule has 5 aliphatic carbocycles. The molecule has 1 atom stereocenters. The Morgan fingerprint density at radius 1 is 1.05 bits per heavy atom. The highest BCUT2D eigenvalue weighted by Crippen LogP contribution is 2.60. The summed E-state index contributed by atoms with van der Waals surface area (Å²) in [5.74, 6) is 4.27. The Kier molecular flexibility index (Phi) is 2.29. The Labute approximate surface area is 120 Å². The van der Waals surface area contributed by atoms with E-state index in [-0.39, 0.29) is 6.04 Å². The number of aromatic nitrogens is 2. The molecular formula is C17H25N3. The number of nitrogens with zero attached hydrogens (tertiary/aromatic N) is 1. The number of aryl methyl sites for hydroxylation is 1. The molecule has 0 spiro atoms. The van der Waals surface area contributed by atoms with E-state index in [0.29, 0.717) is 5.41 Å². The van der Waals surface area contributed by atoms with Crippen molar-refractivity contribution in [1.29, 1.82) is 0 Å². The van der Waals surface area contributed by atoms with Crippen LogP contribution in [0.25, 0.3) is 0 Å². The summed E-state index contributed by atoms with van der Waals surface area (Å²) in [6, 6.07) is 0.178. The van der Waals surface area contributed by atoms with E-state index in [4.69, 9.17) is 10.7 Å². The lowest BCUT2D eigenvalue weighted by Crippen LogP contribution is -2.49. The third kappa shape index (κ3) is 1.53. The Morgan fingerprint density at radius 2 is 1.70 bits per heavy atom. The third-order valence-corrected chi connectivity index (χ3v) is 6.64. The van der Waals surface area contributed by atoms with Gasteiger partial charge in [-0.3, -0.25) is 0 Å². The smallest absolute Gasteiger partial charge is 0.112 e. The summed E-state index contributed by atoms with van der Waals surface area (Å²) in [5, 5.41) is 0. The van der Waals surface area contributed by atoms with Gasteiger partial charge in [-0.1, -0.05) is 0 Å². The van der Waals surface area contributed by atoms with Gasteiger partial charge < -0.3 is 10.7 Å². The lowest BCUT2D eigenvalue weighted by Gasteiger charge is -2.56. The van der Waals surface area contributed by atoms with Crippen LogP contribution in [0.3, 0.4) is 0 Å². The maximum atomic E-state index is 6.27. The van der Waals surface area contributed by atoms with Crippen molar-refractivity contribution in [3.8, 4) is 0 Å². The summed E-state index contributed by atoms with van der Waals surface area (Å²) in [6.45, 7) is 0. The molecule has 5 aliphatic rings. The average molecular weight is 271 g/mol. The number of nitrogens with two attached hydrogens (primary N) is 1. The van der Waals surface area contributed by atoms with E-state index in [9.17, 15) is 0 Å². The van der Waals surface area contributed by atoms with Crippen molar-refractivity contribution in [3.63, 3.8) is 0 Å². The Hall–Kier alpha value is -0.830. The van der Waals surface area contributed by atoms with Crippen molar-refractivity contribution in [2.75, 3.05) is 0 Å². The van der Waals surface area contributed by atoms with Gasteiger partial charge in [0.15, 0.2) is 0 Å². The summed E-state index contributed by atoms with van der Waals surface area (Å²) in [5.41, 5.74) is 9.22. The predicted molar refractivity (Wildman–Crippen MR) is 78.3 cm³/mol. The molecule has 1 aromatic heterocycles. The zero-order valence-corrected chi connectivity index (χ0v) is 12.2. The first-order chi connectivity index (χ1) is 9.72. The normalized spacial score (nSPS) is 45.6. The van der Waals surface area contributed by atoms with Crippen LogP contribution in [0.15, 0.2) is 0 Å². The number of imidazole rings is 1. The fourth-order valence-electron chi connectivity index (χ4n) is 6.21. The van der Waals surface area contributed by atoms with E-state index in [1.165, 1.54) is 62.2 Å². The molecule has 6 rings (SSSR count). The third-order valence-electron chi connectivity index (χ3n) is 6.64. The van der Waals surface area contributed by atoms with Gasteiger partial charge in [-0.2, -0.15) is 0 Å². The molecule has 1 aromatic rings. The number of fused-ring (bicyclic) bond motifs is 1. The molecule has 20 heavy (non-hydrogen) atoms. The second-order valence-electron chi connectivity index (χ2n) is 8.15. The monoisotopic (exact) mass is 271 g/mol. The summed E-state index contributed by atoms with van der Waals surface area (Å²) in [6.07, 6.45) is 12.1. The summed E-state index contributed by atoms with van der Waals surface area (Å²) in [4.78, 5) is 8.77. The fourth-order valence-corrected chi connectivity index (χ4v) is 6.21. The molecule has 4 bridgehead atoms. The molecule has 108 valence electrons. The van der Waals surface area contributed by atoms with Crippen LogP contribution in [-0.4, -0.2) is 9.97 Å². The van der Waals surface area contributed by atoms with Crippen LogP contribution in [0.5, 0.6) is 0 Å². The summed E-state index contributed by atoms with van der Waals surface area (Å²) >= 11 is 0. The summed E-state index contributed by atoms with van der Waals surface area (Å²) in [7, 11) is 0. The minimum atomic E-state index is 0.178. The topological polar surface area (TPSA) is 54.7 Å². The van der Waals surface area contributed by atoms with Gasteiger partial charge in [-0.15, -0.1) is 0 Å². The van der Waals surface area contributed by atoms with Crippen molar-refractivity contribution < 1.29 is 0 Å². The van der Waals surface area contributed by atoms with Crippen LogP contribution >= 0.6 is 0 Å². The van der Waals surface area contributed by atoms with Crippen molar-refractivity contribution in [3.05, 3.63) is 17.2 Å². The van der Waals surface area contributed by atoms with E-state index in [1.807, 2.05) is 0 Å². The molecule has 3 nitrogen and oxygen atoms in total. The Balaban J connectivity index is 1.56. The number of rotatable bonds is 1. The number of H-pyrrole nitrogens is 1. The maximum absolute atomic E-state index is 6.27. The molecule has 0 aliphatic heterocycles. The van der Waals surface area contributed by atoms with Gasteiger partial charge in [0.1, 0.15) is 5.82 Å². The van der Waals surface area contributed by atoms with Crippen molar-refractivity contribution in [2.45, 2.75) is 69.2 Å². The lowest BCUT2D eigenvalue weighted by atomic mass is 9.49. The second kappa shape index (κ2) is 3.88. The van der Waals surface area contributed by atoms with E-state index >= 15 is 0 Å². The van der Waals surface area contributed by atoms with Crippen molar-refractivity contribution in [2.24, 2.45) is 23.5 Å². The minimum Gasteiger partial charge on any atom is -0.345 e. The molecule has 4 fully saturated rings. The van der Waals surface area contributed by atoms with Crippen molar-refractivity contribution in [1.82, 2.24) is 9.97 Å². The van der Waals surface area contributed by atoms with E-state index < -0.39 is 0 Å². The molecule has 3 heteroatoms. The lowest BCUT2D eigenvalue weighted by molar-refractivity contribution is -0.00909. The van der Waals surface area contributed by atoms with E-state index in [2.05, 4.69) is 4.98 Å². The molecule has 0 amide bonds. The van der Waals surface area contributed by atoms with E-state index in [0.717, 1.165) is 30.6 Å². The highest BCUT2D eigenvalue weighted by Gasteiger charge is 2.53. The number of hydrogen-bond acceptors (Lipinski definition) is 2. The highest BCUT2D eigenvalue weighted by molar-refractivity contribution is 5.27. The first kappa shape index (κ1) is 11.8. The quantitative estimate of drug-likeness (QED) is 0.824. The molecular weight excluding hydrogens is 246 g/mol. The molecule has 0 radical (unpaired) electrons. The molecule has 0 aromatic carbocycles. The minimum absolute atomic E-state index is 0.178. The van der Waals surface area contributed by atoms with Gasteiger partial charge in [0.25, 0.3) is 0 Å². The largest absolute Gasteiger partial charge is 0.345 e. The highest BCUT2D eigenvalue weighted by atomic mass is 15.0. The van der Waals surface area contributed by atoms with Crippen LogP contribution < -0.4 is 5.73 Å². The second-order valence-corrected chi connectivity index (χ2v) is 8.15. The fraction of sp³-hybridized carbons (Fsp3) is 0.824. The molecule has 4 saturated carbocycles. The van der Waals surface area contributed by atoms with Crippen LogP contribution in [-0.2, 0) is 11.8 Å². The molecule has 1 heterocycles. The van der Waals surface area contributed by atoms with Crippen LogP contribution in [0.4, 0.5) is 0 Å². The SMILES string of the molecule is NC1CCCc2[nH]c(C34CC5CC(CC(C5)C3)C4)nc21. The van der Waals surface area contributed by atoms with Crippen LogP contribution in [0, 0.1) is 17.8 Å². The van der Waals surface area contributed by atoms with Gasteiger partial charge in [-0.05, 0) is 75.5 Å². The van der Waals surface area contributed by atoms with Gasteiger partial charge in [-0.25, -0.2) is 4.98 Å². The van der Waals surface area contributed by atoms with Crippen molar-refractivity contribution >= 4 is 0 Å². The standard InChI is InChI=1S/C17H25N3/c18-13-2-1-3-14-15(13)20-16(19-14)17-7-10-4-11(8-17)6-12(5-10)9-17/h10-13H,1-9,18H2,(H,19,20). The molecule has 0 saturated heterocycles. The molecule has 1 unspecified atom stereocenters. The number of hydrogen-bond donors (Lipinski definition) is 2. The first-order valence-corrected chi connectivity index (χ1v) is 8.57. The van der Waals surface area contributed by atoms with Crippen LogP contribution in [0.1, 0.15) is 74.6 Å². The number of aromatic amines is 1. The average Bonchev–Trinajstić information content (AvgIpc) is 2.83. The maximum Gasteiger partial charge on any atom is 0.112 e.